The fourth-order valence-corrected chi connectivity index (χ4v) is 3.93. The number of benzene rings is 1. The zero-order valence-electron chi connectivity index (χ0n) is 15.0. The minimum absolute atomic E-state index is 0.189. The zero-order valence-corrected chi connectivity index (χ0v) is 15.8. The molecule has 0 aliphatic carbocycles. The van der Waals surface area contributed by atoms with Crippen molar-refractivity contribution in [1.29, 1.82) is 0 Å². The molecule has 2 N–H and O–H groups in total. The van der Waals surface area contributed by atoms with E-state index in [1.54, 1.807) is 37.6 Å². The van der Waals surface area contributed by atoms with E-state index in [-0.39, 0.29) is 12.2 Å². The van der Waals surface area contributed by atoms with Gasteiger partial charge < -0.3 is 10.5 Å². The molecule has 0 radical (unpaired) electrons. The maximum absolute atomic E-state index is 12.7. The second-order valence-corrected chi connectivity index (χ2v) is 7.06. The van der Waals surface area contributed by atoms with E-state index in [9.17, 15) is 9.59 Å². The van der Waals surface area contributed by atoms with Crippen LogP contribution in [-0.4, -0.2) is 20.7 Å². The molecule has 7 nitrogen and oxygen atoms in total. The first-order chi connectivity index (χ1) is 13.5. The van der Waals surface area contributed by atoms with Gasteiger partial charge in [-0.3, -0.25) is 14.6 Å². The van der Waals surface area contributed by atoms with Crippen LogP contribution in [0.2, 0.25) is 0 Å². The van der Waals surface area contributed by atoms with Gasteiger partial charge in [0.05, 0.1) is 5.39 Å². The lowest BCUT2D eigenvalue weighted by molar-refractivity contribution is 0.1000. The fourth-order valence-electron chi connectivity index (χ4n) is 2.92. The average Bonchev–Trinajstić information content (AvgIpc) is 3.16. The number of fused-ring (bicyclic) bond motifs is 1. The zero-order chi connectivity index (χ0) is 19.7. The molecule has 0 atom stereocenters. The largest absolute Gasteiger partial charge is 0.471 e. The second kappa shape index (κ2) is 7.24. The van der Waals surface area contributed by atoms with Gasteiger partial charge >= 0.3 is 0 Å². The monoisotopic (exact) mass is 392 g/mol. The molecule has 3 heterocycles. The number of nitrogens with two attached hydrogens (primary N) is 1. The molecule has 140 valence electrons. The van der Waals surface area contributed by atoms with E-state index in [1.807, 2.05) is 23.6 Å². The molecule has 0 unspecified atom stereocenters. The van der Waals surface area contributed by atoms with E-state index in [2.05, 4.69) is 10.1 Å². The van der Waals surface area contributed by atoms with Crippen LogP contribution < -0.4 is 16.0 Å². The summed E-state index contributed by atoms with van der Waals surface area (Å²) < 4.78 is 7.85. The van der Waals surface area contributed by atoms with Gasteiger partial charge in [-0.2, -0.15) is 0 Å². The third kappa shape index (κ3) is 3.25. The summed E-state index contributed by atoms with van der Waals surface area (Å²) in [7, 11) is 1.59. The SMILES string of the molecule is Cn1nc(OCc2cccc(C(N)=O)c2)c2scc(-c3ccncc3)c2c1=O. The maximum atomic E-state index is 12.7. The lowest BCUT2D eigenvalue weighted by atomic mass is 10.1. The summed E-state index contributed by atoms with van der Waals surface area (Å²) in [6.07, 6.45) is 3.38. The summed E-state index contributed by atoms with van der Waals surface area (Å²) in [5.41, 5.74) is 8.07. The normalized spacial score (nSPS) is 10.9. The predicted molar refractivity (Wildman–Crippen MR) is 107 cm³/mol. The summed E-state index contributed by atoms with van der Waals surface area (Å²) >= 11 is 1.41. The van der Waals surface area contributed by atoms with Gasteiger partial charge in [-0.05, 0) is 35.4 Å². The molecule has 0 fully saturated rings. The Balaban J connectivity index is 1.73. The molecule has 3 aromatic heterocycles. The summed E-state index contributed by atoms with van der Waals surface area (Å²) in [6.45, 7) is 0.198. The molecule has 4 aromatic rings. The average molecular weight is 392 g/mol. The van der Waals surface area contributed by atoms with Crippen LogP contribution in [0.15, 0.2) is 59.0 Å². The minimum atomic E-state index is -0.496. The Bertz CT molecular complexity index is 1230. The fraction of sp³-hybridized carbons (Fsp3) is 0.100. The van der Waals surface area contributed by atoms with E-state index in [4.69, 9.17) is 10.5 Å². The Morgan fingerprint density at radius 3 is 2.79 bits per heavy atom. The number of nitrogens with zero attached hydrogens (tertiary/aromatic N) is 3. The number of ether oxygens (including phenoxy) is 1. The lowest BCUT2D eigenvalue weighted by Gasteiger charge is -2.09. The molecule has 1 aromatic carbocycles. The first-order valence-electron chi connectivity index (χ1n) is 8.45. The Morgan fingerprint density at radius 2 is 2.04 bits per heavy atom. The van der Waals surface area contributed by atoms with Gasteiger partial charge in [0, 0.05) is 35.9 Å². The van der Waals surface area contributed by atoms with E-state index >= 15 is 0 Å². The molecule has 1 amide bonds. The highest BCUT2D eigenvalue weighted by Gasteiger charge is 2.17. The molecule has 0 saturated carbocycles. The smallest absolute Gasteiger partial charge is 0.276 e. The third-order valence-electron chi connectivity index (χ3n) is 4.31. The van der Waals surface area contributed by atoms with E-state index in [0.29, 0.717) is 21.5 Å². The summed E-state index contributed by atoms with van der Waals surface area (Å²) in [5.74, 6) is -0.128. The van der Waals surface area contributed by atoms with Crippen LogP contribution >= 0.6 is 11.3 Å². The number of hydrogen-bond donors (Lipinski definition) is 1. The number of hydrogen-bond acceptors (Lipinski definition) is 6. The summed E-state index contributed by atoms with van der Waals surface area (Å²) in [4.78, 5) is 28.1. The standard InChI is InChI=1S/C20H16N4O3S/c1-24-20(26)16-15(13-5-7-22-8-6-13)11-28-17(16)19(23-24)27-10-12-3-2-4-14(9-12)18(21)25/h2-9,11H,10H2,1H3,(H2,21,25). The molecule has 0 aliphatic heterocycles. The van der Waals surface area contributed by atoms with Gasteiger partial charge in [0.25, 0.3) is 5.56 Å². The van der Waals surface area contributed by atoms with Gasteiger partial charge in [-0.15, -0.1) is 16.4 Å². The van der Waals surface area contributed by atoms with Gasteiger partial charge in [-0.1, -0.05) is 12.1 Å². The highest BCUT2D eigenvalue weighted by atomic mass is 32.1. The Kier molecular flexibility index (Phi) is 4.62. The molecule has 0 aliphatic rings. The van der Waals surface area contributed by atoms with Crippen LogP contribution in [0.25, 0.3) is 21.2 Å². The number of carbonyl (C=O) groups is 1. The predicted octanol–water partition coefficient (Wildman–Crippen LogP) is 2.73. The van der Waals surface area contributed by atoms with Crippen molar-refractivity contribution in [3.05, 3.63) is 75.7 Å². The molecular formula is C20H16N4O3S. The van der Waals surface area contributed by atoms with Crippen LogP contribution in [0.3, 0.4) is 0 Å². The van der Waals surface area contributed by atoms with Gasteiger partial charge in [0.2, 0.25) is 11.8 Å². The van der Waals surface area contributed by atoms with Crippen molar-refractivity contribution in [3.8, 4) is 17.0 Å². The summed E-state index contributed by atoms with van der Waals surface area (Å²) in [5, 5.41) is 6.75. The highest BCUT2D eigenvalue weighted by molar-refractivity contribution is 7.18. The lowest BCUT2D eigenvalue weighted by Crippen LogP contribution is -2.20. The third-order valence-corrected chi connectivity index (χ3v) is 5.28. The highest BCUT2D eigenvalue weighted by Crippen LogP contribution is 2.35. The van der Waals surface area contributed by atoms with Crippen molar-refractivity contribution < 1.29 is 9.53 Å². The molecule has 28 heavy (non-hydrogen) atoms. The first-order valence-corrected chi connectivity index (χ1v) is 9.33. The Labute approximate surface area is 164 Å². The molecule has 0 spiro atoms. The van der Waals surface area contributed by atoms with Crippen molar-refractivity contribution in [3.63, 3.8) is 0 Å². The van der Waals surface area contributed by atoms with E-state index in [0.717, 1.165) is 16.7 Å². The quantitative estimate of drug-likeness (QED) is 0.563. The summed E-state index contributed by atoms with van der Waals surface area (Å²) in [6, 6.07) is 10.6. The Morgan fingerprint density at radius 1 is 1.25 bits per heavy atom. The number of rotatable bonds is 5. The Hall–Kier alpha value is -3.52. The maximum Gasteiger partial charge on any atom is 0.276 e. The number of primary amides is 1. The number of aryl methyl sites for hydroxylation is 1. The number of pyridine rings is 1. The number of carbonyl (C=O) groups excluding carboxylic acids is 1. The van der Waals surface area contributed by atoms with Gasteiger partial charge in [0.15, 0.2) is 0 Å². The van der Waals surface area contributed by atoms with Crippen molar-refractivity contribution in [2.45, 2.75) is 6.61 Å². The van der Waals surface area contributed by atoms with Crippen molar-refractivity contribution in [2.75, 3.05) is 0 Å². The molecule has 0 bridgehead atoms. The molecular weight excluding hydrogens is 376 g/mol. The second-order valence-electron chi connectivity index (χ2n) is 6.18. The van der Waals surface area contributed by atoms with Crippen molar-refractivity contribution in [2.24, 2.45) is 12.8 Å². The van der Waals surface area contributed by atoms with E-state index < -0.39 is 5.91 Å². The van der Waals surface area contributed by atoms with Crippen molar-refractivity contribution in [1.82, 2.24) is 14.8 Å². The molecule has 8 heteroatoms. The number of aromatic nitrogens is 3. The van der Waals surface area contributed by atoms with Crippen LogP contribution in [0, 0.1) is 0 Å². The van der Waals surface area contributed by atoms with Gasteiger partial charge in [-0.25, -0.2) is 4.68 Å². The molecule has 0 saturated heterocycles. The van der Waals surface area contributed by atoms with Crippen LogP contribution in [0.4, 0.5) is 0 Å². The number of amides is 1. The number of thiophene rings is 1. The molecule has 4 rings (SSSR count). The van der Waals surface area contributed by atoms with E-state index in [1.165, 1.54) is 16.0 Å². The van der Waals surface area contributed by atoms with Crippen LogP contribution in [0.1, 0.15) is 15.9 Å². The van der Waals surface area contributed by atoms with Crippen LogP contribution in [-0.2, 0) is 13.7 Å². The van der Waals surface area contributed by atoms with Gasteiger partial charge in [0.1, 0.15) is 11.3 Å². The first kappa shape index (κ1) is 17.9. The minimum Gasteiger partial charge on any atom is -0.471 e. The topological polar surface area (TPSA) is 100 Å². The van der Waals surface area contributed by atoms with Crippen molar-refractivity contribution >= 4 is 27.3 Å². The van der Waals surface area contributed by atoms with Crippen LogP contribution in [0.5, 0.6) is 5.88 Å².